The molecule has 6 heteroatoms. The van der Waals surface area contributed by atoms with Gasteiger partial charge in [-0.25, -0.2) is 0 Å². The van der Waals surface area contributed by atoms with Crippen molar-refractivity contribution in [3.8, 4) is 0 Å². The van der Waals surface area contributed by atoms with Gasteiger partial charge in [-0.15, -0.1) is 0 Å². The lowest BCUT2D eigenvalue weighted by atomic mass is 9.86. The second-order valence-electron chi connectivity index (χ2n) is 4.56. The van der Waals surface area contributed by atoms with Gasteiger partial charge in [0.15, 0.2) is 0 Å². The Morgan fingerprint density at radius 3 is 2.33 bits per heavy atom. The molecule has 0 bridgehead atoms. The Balaban J connectivity index is 2.12. The molecule has 0 aliphatic heterocycles. The van der Waals surface area contributed by atoms with Gasteiger partial charge in [-0.2, -0.15) is 0 Å². The zero-order valence-corrected chi connectivity index (χ0v) is 12.7. The minimum absolute atomic E-state index is 0.0380. The van der Waals surface area contributed by atoms with Gasteiger partial charge >= 0.3 is 11.9 Å². The minimum atomic E-state index is -0.282. The molecule has 18 heavy (non-hydrogen) atoms. The van der Waals surface area contributed by atoms with Gasteiger partial charge in [-0.3, -0.25) is 9.59 Å². The summed E-state index contributed by atoms with van der Waals surface area (Å²) in [7, 11) is 0. The topological polar surface area (TPSA) is 78.6 Å². The monoisotopic (exact) mass is 369 g/mol. The quantitative estimate of drug-likeness (QED) is 0.343. The van der Waals surface area contributed by atoms with Gasteiger partial charge in [0.05, 0.1) is 5.92 Å². The van der Waals surface area contributed by atoms with Gasteiger partial charge in [0.25, 0.3) is 0 Å². The highest BCUT2D eigenvalue weighted by Gasteiger charge is 2.25. The van der Waals surface area contributed by atoms with Gasteiger partial charge in [0, 0.05) is 6.04 Å². The molecule has 0 aromatic carbocycles. The molecule has 0 amide bonds. The lowest BCUT2D eigenvalue weighted by Gasteiger charge is -2.24. The number of hydrogen-bond donors (Lipinski definition) is 1. The Morgan fingerprint density at radius 2 is 1.78 bits per heavy atom. The zero-order chi connectivity index (χ0) is 13.5. The van der Waals surface area contributed by atoms with Gasteiger partial charge in [-0.1, -0.05) is 22.6 Å². The smallest absolute Gasteiger partial charge is 0.318 e. The van der Waals surface area contributed by atoms with Crippen LogP contribution in [0.2, 0.25) is 0 Å². The van der Waals surface area contributed by atoms with Gasteiger partial charge in [0.1, 0.15) is 17.1 Å². The number of esters is 2. The molecule has 1 fully saturated rings. The van der Waals surface area contributed by atoms with Crippen molar-refractivity contribution in [3.63, 3.8) is 0 Å². The molecule has 0 radical (unpaired) electrons. The van der Waals surface area contributed by atoms with Crippen molar-refractivity contribution in [3.05, 3.63) is 0 Å². The van der Waals surface area contributed by atoms with Crippen molar-refractivity contribution in [1.29, 1.82) is 0 Å². The maximum atomic E-state index is 11.7. The third-order valence-corrected chi connectivity index (χ3v) is 3.51. The maximum absolute atomic E-state index is 11.7. The van der Waals surface area contributed by atoms with Crippen LogP contribution in [-0.2, 0) is 19.1 Å². The highest BCUT2D eigenvalue weighted by Crippen LogP contribution is 2.24. The van der Waals surface area contributed by atoms with Crippen LogP contribution >= 0.6 is 22.6 Å². The summed E-state index contributed by atoms with van der Waals surface area (Å²) in [5, 5.41) is 0. The Morgan fingerprint density at radius 1 is 1.22 bits per heavy atom. The highest BCUT2D eigenvalue weighted by atomic mass is 127. The molecule has 1 aliphatic rings. The summed E-state index contributed by atoms with van der Waals surface area (Å²) in [6.07, 6.45) is 3.34. The van der Waals surface area contributed by atoms with Crippen molar-refractivity contribution < 1.29 is 19.1 Å². The lowest BCUT2D eigenvalue weighted by molar-refractivity contribution is -0.155. The van der Waals surface area contributed by atoms with E-state index in [4.69, 9.17) is 15.2 Å². The number of ether oxygens (including phenoxy) is 2. The summed E-state index contributed by atoms with van der Waals surface area (Å²) in [5.41, 5.74) is 5.77. The first kappa shape index (κ1) is 15.7. The van der Waals surface area contributed by atoms with E-state index in [0.717, 1.165) is 25.7 Å². The molecule has 0 spiro atoms. The van der Waals surface area contributed by atoms with Crippen LogP contribution in [0.4, 0.5) is 0 Å². The minimum Gasteiger partial charge on any atom is -0.462 e. The summed E-state index contributed by atoms with van der Waals surface area (Å²) in [6.45, 7) is 2.01. The van der Waals surface area contributed by atoms with Gasteiger partial charge < -0.3 is 15.2 Å². The second kappa shape index (κ2) is 7.93. The molecule has 1 aliphatic carbocycles. The summed E-state index contributed by atoms with van der Waals surface area (Å²) in [4.78, 5) is 22.8. The van der Waals surface area contributed by atoms with Crippen molar-refractivity contribution in [2.75, 3.05) is 13.2 Å². The van der Waals surface area contributed by atoms with Gasteiger partial charge in [0.2, 0.25) is 0 Å². The molecule has 2 N–H and O–H groups in total. The van der Waals surface area contributed by atoms with Crippen LogP contribution in [0, 0.1) is 5.92 Å². The fraction of sp³-hybridized carbons (Fsp3) is 0.833. The van der Waals surface area contributed by atoms with Gasteiger partial charge in [-0.05, 0) is 32.6 Å². The molecular formula is C12H20INO4. The first-order valence-electron chi connectivity index (χ1n) is 6.23. The first-order chi connectivity index (χ1) is 8.50. The van der Waals surface area contributed by atoms with Crippen molar-refractivity contribution in [2.45, 2.75) is 42.6 Å². The molecular weight excluding hydrogens is 349 g/mol. The molecule has 1 saturated carbocycles. The van der Waals surface area contributed by atoms with Crippen LogP contribution in [0.15, 0.2) is 0 Å². The number of rotatable bonds is 5. The lowest BCUT2D eigenvalue weighted by Crippen LogP contribution is -2.31. The van der Waals surface area contributed by atoms with E-state index in [9.17, 15) is 9.59 Å². The van der Waals surface area contributed by atoms with E-state index in [2.05, 4.69) is 0 Å². The van der Waals surface area contributed by atoms with E-state index in [1.54, 1.807) is 6.92 Å². The van der Waals surface area contributed by atoms with E-state index < -0.39 is 0 Å². The molecule has 1 rings (SSSR count). The summed E-state index contributed by atoms with van der Waals surface area (Å²) >= 11 is 1.98. The molecule has 1 atom stereocenters. The third-order valence-electron chi connectivity index (χ3n) is 3.00. The third kappa shape index (κ3) is 5.51. The average Bonchev–Trinajstić information content (AvgIpc) is 2.34. The molecule has 5 nitrogen and oxygen atoms in total. The summed E-state index contributed by atoms with van der Waals surface area (Å²) in [5.74, 6) is -0.514. The van der Waals surface area contributed by atoms with Crippen LogP contribution in [-0.4, -0.2) is 35.1 Å². The van der Waals surface area contributed by atoms with E-state index in [1.807, 2.05) is 22.6 Å². The summed E-state index contributed by atoms with van der Waals surface area (Å²) in [6, 6.07) is 0.222. The molecule has 0 aromatic rings. The Labute approximate surface area is 121 Å². The maximum Gasteiger partial charge on any atom is 0.318 e. The van der Waals surface area contributed by atoms with Crippen LogP contribution < -0.4 is 5.73 Å². The van der Waals surface area contributed by atoms with Crippen molar-refractivity contribution in [1.82, 2.24) is 0 Å². The highest BCUT2D eigenvalue weighted by molar-refractivity contribution is 14.1. The first-order valence-corrected chi connectivity index (χ1v) is 7.48. The second-order valence-corrected chi connectivity index (χ2v) is 6.43. The SMILES string of the molecule is CC(I)C(=O)OCCOC(=O)C1CCC(N)CC1. The number of carbonyl (C=O) groups is 2. The van der Waals surface area contributed by atoms with E-state index in [-0.39, 0.29) is 41.0 Å². The fourth-order valence-electron chi connectivity index (χ4n) is 1.87. The molecule has 104 valence electrons. The van der Waals surface area contributed by atoms with Crippen molar-refractivity contribution >= 4 is 34.5 Å². The zero-order valence-electron chi connectivity index (χ0n) is 10.6. The number of alkyl halides is 1. The number of hydrogen-bond acceptors (Lipinski definition) is 5. The standard InChI is InChI=1S/C12H20INO4/c1-8(13)11(15)17-6-7-18-12(16)9-2-4-10(14)5-3-9/h8-10H,2-7,14H2,1H3. The Kier molecular flexibility index (Phi) is 6.91. The van der Waals surface area contributed by atoms with E-state index >= 15 is 0 Å². The summed E-state index contributed by atoms with van der Waals surface area (Å²) < 4.78 is 9.82. The van der Waals surface area contributed by atoms with Crippen LogP contribution in [0.3, 0.4) is 0 Å². The molecule has 0 aromatic heterocycles. The average molecular weight is 369 g/mol. The van der Waals surface area contributed by atoms with E-state index in [1.165, 1.54) is 0 Å². The predicted molar refractivity (Wildman–Crippen MR) is 75.3 cm³/mol. The van der Waals surface area contributed by atoms with Crippen LogP contribution in [0.25, 0.3) is 0 Å². The van der Waals surface area contributed by atoms with Crippen molar-refractivity contribution in [2.24, 2.45) is 11.7 Å². The largest absolute Gasteiger partial charge is 0.462 e. The molecule has 1 unspecified atom stereocenters. The predicted octanol–water partition coefficient (Wildman–Crippen LogP) is 1.41. The van der Waals surface area contributed by atoms with Crippen LogP contribution in [0.1, 0.15) is 32.6 Å². The number of nitrogens with two attached hydrogens (primary N) is 1. The number of halogens is 1. The van der Waals surface area contributed by atoms with Crippen LogP contribution in [0.5, 0.6) is 0 Å². The Bertz CT molecular complexity index is 288. The molecule has 0 saturated heterocycles. The molecule has 0 heterocycles. The number of carbonyl (C=O) groups excluding carboxylic acids is 2. The normalized spacial score (nSPS) is 25.3. The fourth-order valence-corrected chi connectivity index (χ4v) is 2.05. The van der Waals surface area contributed by atoms with E-state index in [0.29, 0.717) is 0 Å². The Hall–Kier alpha value is -0.370.